The summed E-state index contributed by atoms with van der Waals surface area (Å²) in [5.74, 6) is 0.410. The maximum absolute atomic E-state index is 12.8. The number of sulfonamides is 1. The molecule has 0 saturated carbocycles. The first kappa shape index (κ1) is 17.1. The van der Waals surface area contributed by atoms with Crippen LogP contribution in [-0.4, -0.2) is 42.1 Å². The van der Waals surface area contributed by atoms with Crippen molar-refractivity contribution in [1.82, 2.24) is 14.5 Å². The summed E-state index contributed by atoms with van der Waals surface area (Å²) >= 11 is 5.92. The summed E-state index contributed by atoms with van der Waals surface area (Å²) in [6.07, 6.45) is 1.26. The van der Waals surface area contributed by atoms with Crippen LogP contribution in [0, 0.1) is 6.92 Å². The van der Waals surface area contributed by atoms with Gasteiger partial charge in [0, 0.05) is 17.6 Å². The molecule has 0 spiro atoms. The number of hydrogen-bond acceptors (Lipinski definition) is 5. The molecule has 1 saturated heterocycles. The average Bonchev–Trinajstić information content (AvgIpc) is 2.57. The van der Waals surface area contributed by atoms with Crippen molar-refractivity contribution >= 4 is 21.6 Å². The predicted molar refractivity (Wildman–Crippen MR) is 90.6 cm³/mol. The molecular formula is C16H18ClN3O3S. The van der Waals surface area contributed by atoms with Crippen molar-refractivity contribution in [2.75, 3.05) is 13.1 Å². The number of ether oxygens (including phenoxy) is 1. The Labute approximate surface area is 146 Å². The maximum Gasteiger partial charge on any atom is 0.243 e. The maximum atomic E-state index is 12.8. The summed E-state index contributed by atoms with van der Waals surface area (Å²) in [5, 5.41) is 8.32. The minimum atomic E-state index is -3.58. The topological polar surface area (TPSA) is 72.4 Å². The van der Waals surface area contributed by atoms with Crippen molar-refractivity contribution in [3.8, 4) is 5.88 Å². The van der Waals surface area contributed by atoms with Gasteiger partial charge in [-0.1, -0.05) is 17.7 Å². The fourth-order valence-electron chi connectivity index (χ4n) is 2.62. The molecule has 2 aromatic rings. The van der Waals surface area contributed by atoms with Crippen molar-refractivity contribution in [2.45, 2.75) is 30.8 Å². The van der Waals surface area contributed by atoms with E-state index in [4.69, 9.17) is 16.3 Å². The van der Waals surface area contributed by atoms with Gasteiger partial charge in [-0.05, 0) is 44.0 Å². The Morgan fingerprint density at radius 2 is 2.08 bits per heavy atom. The molecule has 0 radical (unpaired) electrons. The summed E-state index contributed by atoms with van der Waals surface area (Å²) in [4.78, 5) is 0.200. The second-order valence-electron chi connectivity index (χ2n) is 5.72. The van der Waals surface area contributed by atoms with Gasteiger partial charge in [-0.25, -0.2) is 8.42 Å². The summed E-state index contributed by atoms with van der Waals surface area (Å²) in [6, 6.07) is 9.86. The van der Waals surface area contributed by atoms with Crippen LogP contribution in [0.3, 0.4) is 0 Å². The molecule has 1 aliphatic heterocycles. The van der Waals surface area contributed by atoms with Crippen LogP contribution in [0.15, 0.2) is 41.3 Å². The van der Waals surface area contributed by atoms with Gasteiger partial charge < -0.3 is 4.74 Å². The molecule has 24 heavy (non-hydrogen) atoms. The first-order valence-electron chi connectivity index (χ1n) is 7.68. The molecular weight excluding hydrogens is 350 g/mol. The third kappa shape index (κ3) is 3.85. The molecule has 1 aliphatic rings. The van der Waals surface area contributed by atoms with E-state index in [2.05, 4.69) is 10.2 Å². The number of piperidine rings is 1. The molecule has 0 N–H and O–H groups in total. The normalized spacial score (nSPS) is 19.2. The SMILES string of the molecule is Cc1ccc(OC2CCCN(S(=O)(=O)c3cccc(Cl)c3)C2)nn1. The summed E-state index contributed by atoms with van der Waals surface area (Å²) < 4.78 is 32.8. The van der Waals surface area contributed by atoms with Crippen molar-refractivity contribution in [3.63, 3.8) is 0 Å². The number of benzene rings is 1. The highest BCUT2D eigenvalue weighted by Gasteiger charge is 2.31. The zero-order chi connectivity index (χ0) is 17.2. The first-order chi connectivity index (χ1) is 11.4. The fraction of sp³-hybridized carbons (Fsp3) is 0.375. The Balaban J connectivity index is 1.74. The lowest BCUT2D eigenvalue weighted by atomic mass is 10.1. The molecule has 8 heteroatoms. The van der Waals surface area contributed by atoms with E-state index in [1.165, 1.54) is 10.4 Å². The molecule has 0 bridgehead atoms. The molecule has 1 aromatic heterocycles. The van der Waals surface area contributed by atoms with Crippen LogP contribution in [0.2, 0.25) is 5.02 Å². The molecule has 1 fully saturated rings. The van der Waals surface area contributed by atoms with E-state index in [9.17, 15) is 8.42 Å². The monoisotopic (exact) mass is 367 g/mol. The zero-order valence-corrected chi connectivity index (χ0v) is 14.8. The van der Waals surface area contributed by atoms with Crippen molar-refractivity contribution in [1.29, 1.82) is 0 Å². The standard InChI is InChI=1S/C16H18ClN3O3S/c1-12-7-8-16(19-18-12)23-14-5-3-9-20(11-14)24(21,22)15-6-2-4-13(17)10-15/h2,4,6-8,10,14H,3,5,9,11H2,1H3. The minimum Gasteiger partial charge on any atom is -0.472 e. The van der Waals surface area contributed by atoms with Crippen LogP contribution in [0.4, 0.5) is 0 Å². The van der Waals surface area contributed by atoms with Gasteiger partial charge in [-0.2, -0.15) is 9.40 Å². The number of halogens is 1. The lowest BCUT2D eigenvalue weighted by Gasteiger charge is -2.31. The second-order valence-corrected chi connectivity index (χ2v) is 8.09. The molecule has 1 atom stereocenters. The van der Waals surface area contributed by atoms with E-state index < -0.39 is 10.0 Å². The highest BCUT2D eigenvalue weighted by molar-refractivity contribution is 7.89. The predicted octanol–water partition coefficient (Wildman–Crippen LogP) is 2.67. The van der Waals surface area contributed by atoms with Crippen molar-refractivity contribution < 1.29 is 13.2 Å². The summed E-state index contributed by atoms with van der Waals surface area (Å²) in [7, 11) is -3.58. The van der Waals surface area contributed by atoms with E-state index in [1.54, 1.807) is 24.3 Å². The van der Waals surface area contributed by atoms with Crippen molar-refractivity contribution in [3.05, 3.63) is 47.1 Å². The van der Waals surface area contributed by atoms with Crippen LogP contribution < -0.4 is 4.74 Å². The minimum absolute atomic E-state index is 0.200. The number of aryl methyl sites for hydroxylation is 1. The van der Waals surface area contributed by atoms with Crippen LogP contribution >= 0.6 is 11.6 Å². The number of hydrogen-bond donors (Lipinski definition) is 0. The smallest absolute Gasteiger partial charge is 0.243 e. The molecule has 0 aliphatic carbocycles. The van der Waals surface area contributed by atoms with Gasteiger partial charge in [0.15, 0.2) is 0 Å². The Morgan fingerprint density at radius 1 is 1.25 bits per heavy atom. The molecule has 128 valence electrons. The third-order valence-corrected chi connectivity index (χ3v) is 5.93. The zero-order valence-electron chi connectivity index (χ0n) is 13.2. The highest BCUT2D eigenvalue weighted by Crippen LogP contribution is 2.24. The van der Waals surface area contributed by atoms with Gasteiger partial charge >= 0.3 is 0 Å². The van der Waals surface area contributed by atoms with E-state index in [1.807, 2.05) is 13.0 Å². The number of rotatable bonds is 4. The largest absolute Gasteiger partial charge is 0.472 e. The highest BCUT2D eigenvalue weighted by atomic mass is 35.5. The summed E-state index contributed by atoms with van der Waals surface area (Å²) in [5.41, 5.74) is 0.802. The molecule has 1 unspecified atom stereocenters. The molecule has 1 aromatic carbocycles. The van der Waals surface area contributed by atoms with Gasteiger partial charge in [0.25, 0.3) is 0 Å². The molecule has 6 nitrogen and oxygen atoms in total. The van der Waals surface area contributed by atoms with E-state index in [0.717, 1.165) is 18.5 Å². The van der Waals surface area contributed by atoms with E-state index in [-0.39, 0.29) is 17.5 Å². The first-order valence-corrected chi connectivity index (χ1v) is 9.50. The van der Waals surface area contributed by atoms with E-state index >= 15 is 0 Å². The van der Waals surface area contributed by atoms with Gasteiger partial charge in [0.05, 0.1) is 17.1 Å². The molecule has 0 amide bonds. The number of nitrogens with zero attached hydrogens (tertiary/aromatic N) is 3. The summed E-state index contributed by atoms with van der Waals surface area (Å²) in [6.45, 7) is 2.59. The van der Waals surface area contributed by atoms with Crippen LogP contribution in [0.1, 0.15) is 18.5 Å². The van der Waals surface area contributed by atoms with Gasteiger partial charge in [-0.15, -0.1) is 5.10 Å². The molecule has 2 heterocycles. The number of aromatic nitrogens is 2. The molecule has 3 rings (SSSR count). The Kier molecular flexibility index (Phi) is 5.03. The van der Waals surface area contributed by atoms with Crippen LogP contribution in [-0.2, 0) is 10.0 Å². The van der Waals surface area contributed by atoms with E-state index in [0.29, 0.717) is 17.4 Å². The fourth-order valence-corrected chi connectivity index (χ4v) is 4.43. The Morgan fingerprint density at radius 3 is 2.79 bits per heavy atom. The average molecular weight is 368 g/mol. The van der Waals surface area contributed by atoms with Crippen molar-refractivity contribution in [2.24, 2.45) is 0 Å². The Bertz CT molecular complexity index is 812. The second kappa shape index (κ2) is 7.04. The Hall–Kier alpha value is -1.70. The lowest BCUT2D eigenvalue weighted by molar-refractivity contribution is 0.123. The van der Waals surface area contributed by atoms with Crippen LogP contribution in [0.25, 0.3) is 0 Å². The third-order valence-electron chi connectivity index (χ3n) is 3.84. The quantitative estimate of drug-likeness (QED) is 0.830. The van der Waals surface area contributed by atoms with Gasteiger partial charge in [0.2, 0.25) is 15.9 Å². The lowest BCUT2D eigenvalue weighted by Crippen LogP contribution is -2.44. The van der Waals surface area contributed by atoms with Gasteiger partial charge in [-0.3, -0.25) is 0 Å². The van der Waals surface area contributed by atoms with Gasteiger partial charge in [0.1, 0.15) is 6.10 Å². The van der Waals surface area contributed by atoms with Crippen LogP contribution in [0.5, 0.6) is 5.88 Å².